The van der Waals surface area contributed by atoms with Crippen molar-refractivity contribution in [2.45, 2.75) is 0 Å². The van der Waals surface area contributed by atoms with Crippen molar-refractivity contribution in [3.8, 4) is 11.5 Å². The summed E-state index contributed by atoms with van der Waals surface area (Å²) in [6.07, 6.45) is 1.14. The molecule has 1 amide bonds. The zero-order valence-electron chi connectivity index (χ0n) is 11.3. The predicted octanol–water partition coefficient (Wildman–Crippen LogP) is 3.14. The molecule has 7 heteroatoms. The van der Waals surface area contributed by atoms with E-state index < -0.39 is 11.9 Å². The molecule has 0 aliphatic carbocycles. The molecule has 0 spiro atoms. The molecule has 110 valence electrons. The van der Waals surface area contributed by atoms with Gasteiger partial charge in [0.2, 0.25) is 5.95 Å². The number of rotatable bonds is 4. The molecule has 0 unspecified atom stereocenters. The lowest BCUT2D eigenvalue weighted by Crippen LogP contribution is -2.13. The number of anilines is 1. The number of hydrogen-bond donors (Lipinski definition) is 1. The molecule has 1 N–H and O–H groups in total. The molecule has 0 saturated heterocycles. The topological polar surface area (TPSA) is 60.5 Å². The van der Waals surface area contributed by atoms with Gasteiger partial charge in [-0.2, -0.15) is 4.39 Å². The highest BCUT2D eigenvalue weighted by atomic mass is 35.5. The average molecular weight is 311 g/mol. The summed E-state index contributed by atoms with van der Waals surface area (Å²) in [5.74, 6) is -0.298. The quantitative estimate of drug-likeness (QED) is 0.881. The minimum atomic E-state index is -0.656. The minimum absolute atomic E-state index is 0.213. The molecule has 0 aliphatic rings. The van der Waals surface area contributed by atoms with Gasteiger partial charge in [-0.05, 0) is 18.2 Å². The van der Waals surface area contributed by atoms with Gasteiger partial charge in [-0.3, -0.25) is 4.79 Å². The second-order valence-corrected chi connectivity index (χ2v) is 4.42. The Kier molecular flexibility index (Phi) is 4.59. The third-order valence-electron chi connectivity index (χ3n) is 2.71. The first-order valence-electron chi connectivity index (χ1n) is 5.89. The summed E-state index contributed by atoms with van der Waals surface area (Å²) in [4.78, 5) is 15.5. The lowest BCUT2D eigenvalue weighted by Gasteiger charge is -2.13. The van der Waals surface area contributed by atoms with Crippen LogP contribution in [0.25, 0.3) is 0 Å². The summed E-state index contributed by atoms with van der Waals surface area (Å²) in [5, 5.41) is 2.95. The van der Waals surface area contributed by atoms with Crippen LogP contribution >= 0.6 is 11.6 Å². The molecule has 0 radical (unpaired) electrons. The van der Waals surface area contributed by atoms with Crippen LogP contribution in [0.15, 0.2) is 30.5 Å². The smallest absolute Gasteiger partial charge is 0.257 e. The number of halogens is 2. The molecular weight excluding hydrogens is 299 g/mol. The SMILES string of the molecule is COc1cc(OC)c(NC(=O)c2ccc(F)nc2)cc1Cl. The van der Waals surface area contributed by atoms with E-state index in [0.29, 0.717) is 22.2 Å². The number of benzene rings is 1. The van der Waals surface area contributed by atoms with Gasteiger partial charge in [0.15, 0.2) is 0 Å². The van der Waals surface area contributed by atoms with Gasteiger partial charge in [0.05, 0.1) is 30.5 Å². The van der Waals surface area contributed by atoms with Crippen LogP contribution in [-0.2, 0) is 0 Å². The monoisotopic (exact) mass is 310 g/mol. The van der Waals surface area contributed by atoms with Crippen LogP contribution in [0.1, 0.15) is 10.4 Å². The Morgan fingerprint density at radius 1 is 1.24 bits per heavy atom. The fraction of sp³-hybridized carbons (Fsp3) is 0.143. The number of carbonyl (C=O) groups excluding carboxylic acids is 1. The van der Waals surface area contributed by atoms with Crippen LogP contribution in [0.3, 0.4) is 0 Å². The molecule has 0 fully saturated rings. The number of nitrogens with zero attached hydrogens (tertiary/aromatic N) is 1. The maximum Gasteiger partial charge on any atom is 0.257 e. The van der Waals surface area contributed by atoms with Gasteiger partial charge in [0, 0.05) is 12.3 Å². The van der Waals surface area contributed by atoms with Crippen LogP contribution in [0.4, 0.5) is 10.1 Å². The summed E-state index contributed by atoms with van der Waals surface area (Å²) in [5.41, 5.74) is 0.586. The van der Waals surface area contributed by atoms with Gasteiger partial charge < -0.3 is 14.8 Å². The summed E-state index contributed by atoms with van der Waals surface area (Å²) >= 11 is 6.01. The van der Waals surface area contributed by atoms with Crippen LogP contribution < -0.4 is 14.8 Å². The van der Waals surface area contributed by atoms with Crippen molar-refractivity contribution in [1.82, 2.24) is 4.98 Å². The zero-order chi connectivity index (χ0) is 15.4. The summed E-state index contributed by atoms with van der Waals surface area (Å²) in [6, 6.07) is 5.50. The van der Waals surface area contributed by atoms with Crippen molar-refractivity contribution >= 4 is 23.2 Å². The first-order valence-corrected chi connectivity index (χ1v) is 6.27. The number of amides is 1. The predicted molar refractivity (Wildman–Crippen MR) is 76.7 cm³/mol. The molecule has 0 saturated carbocycles. The van der Waals surface area contributed by atoms with E-state index in [1.807, 2.05) is 0 Å². The summed E-state index contributed by atoms with van der Waals surface area (Å²) in [6.45, 7) is 0. The maximum absolute atomic E-state index is 12.7. The lowest BCUT2D eigenvalue weighted by molar-refractivity contribution is 0.102. The highest BCUT2D eigenvalue weighted by molar-refractivity contribution is 6.32. The van der Waals surface area contributed by atoms with Crippen molar-refractivity contribution in [3.63, 3.8) is 0 Å². The molecular formula is C14H12ClFN2O3. The van der Waals surface area contributed by atoms with E-state index in [-0.39, 0.29) is 5.56 Å². The molecule has 2 aromatic rings. The first kappa shape index (κ1) is 15.1. The Bertz CT molecular complexity index is 662. The van der Waals surface area contributed by atoms with Crippen molar-refractivity contribution in [2.24, 2.45) is 0 Å². The lowest BCUT2D eigenvalue weighted by atomic mass is 10.2. The number of pyridine rings is 1. The number of carbonyl (C=O) groups is 1. The van der Waals surface area contributed by atoms with Gasteiger partial charge in [0.1, 0.15) is 11.5 Å². The molecule has 1 aromatic heterocycles. The summed E-state index contributed by atoms with van der Waals surface area (Å²) < 4.78 is 23.0. The van der Waals surface area contributed by atoms with E-state index in [1.165, 1.54) is 26.4 Å². The van der Waals surface area contributed by atoms with E-state index in [0.717, 1.165) is 12.3 Å². The number of ether oxygens (including phenoxy) is 2. The van der Waals surface area contributed by atoms with Crippen molar-refractivity contribution in [1.29, 1.82) is 0 Å². The Hall–Kier alpha value is -2.34. The number of nitrogens with one attached hydrogen (secondary N) is 1. The van der Waals surface area contributed by atoms with Gasteiger partial charge in [-0.15, -0.1) is 0 Å². The van der Waals surface area contributed by atoms with E-state index in [9.17, 15) is 9.18 Å². The molecule has 0 bridgehead atoms. The zero-order valence-corrected chi connectivity index (χ0v) is 12.1. The average Bonchev–Trinajstić information content (AvgIpc) is 2.48. The largest absolute Gasteiger partial charge is 0.495 e. The third kappa shape index (κ3) is 3.41. The number of hydrogen-bond acceptors (Lipinski definition) is 4. The summed E-state index contributed by atoms with van der Waals surface area (Å²) in [7, 11) is 2.93. The Labute approximate surface area is 125 Å². The van der Waals surface area contributed by atoms with Crippen LogP contribution in [0, 0.1) is 5.95 Å². The Balaban J connectivity index is 2.28. The maximum atomic E-state index is 12.7. The Morgan fingerprint density at radius 2 is 1.95 bits per heavy atom. The van der Waals surface area contributed by atoms with E-state index in [4.69, 9.17) is 21.1 Å². The minimum Gasteiger partial charge on any atom is -0.495 e. The Morgan fingerprint density at radius 3 is 2.52 bits per heavy atom. The molecule has 0 atom stereocenters. The van der Waals surface area contributed by atoms with Gasteiger partial charge >= 0.3 is 0 Å². The van der Waals surface area contributed by atoms with E-state index in [2.05, 4.69) is 10.3 Å². The molecule has 2 rings (SSSR count). The first-order chi connectivity index (χ1) is 10.0. The van der Waals surface area contributed by atoms with Gasteiger partial charge in [0.25, 0.3) is 5.91 Å². The number of aromatic nitrogens is 1. The fourth-order valence-corrected chi connectivity index (χ4v) is 1.90. The van der Waals surface area contributed by atoms with Crippen LogP contribution in [-0.4, -0.2) is 25.1 Å². The van der Waals surface area contributed by atoms with Crippen LogP contribution in [0.2, 0.25) is 5.02 Å². The van der Waals surface area contributed by atoms with Gasteiger partial charge in [-0.1, -0.05) is 11.6 Å². The van der Waals surface area contributed by atoms with Crippen molar-refractivity contribution in [3.05, 3.63) is 47.0 Å². The highest BCUT2D eigenvalue weighted by Gasteiger charge is 2.14. The van der Waals surface area contributed by atoms with Crippen molar-refractivity contribution in [2.75, 3.05) is 19.5 Å². The molecule has 0 aliphatic heterocycles. The van der Waals surface area contributed by atoms with Gasteiger partial charge in [-0.25, -0.2) is 4.98 Å². The number of methoxy groups -OCH3 is 2. The molecule has 21 heavy (non-hydrogen) atoms. The van der Waals surface area contributed by atoms with E-state index in [1.54, 1.807) is 6.07 Å². The third-order valence-corrected chi connectivity index (χ3v) is 3.01. The normalized spacial score (nSPS) is 10.1. The second-order valence-electron chi connectivity index (χ2n) is 4.01. The highest BCUT2D eigenvalue weighted by Crippen LogP contribution is 2.36. The molecule has 1 heterocycles. The molecule has 5 nitrogen and oxygen atoms in total. The standard InChI is InChI=1S/C14H12ClFN2O3/c1-20-11-6-12(21-2)10(5-9(11)15)18-14(19)8-3-4-13(16)17-7-8/h3-7H,1-2H3,(H,18,19). The van der Waals surface area contributed by atoms with Crippen molar-refractivity contribution < 1.29 is 18.7 Å². The fourth-order valence-electron chi connectivity index (χ4n) is 1.66. The van der Waals surface area contributed by atoms with Crippen LogP contribution in [0.5, 0.6) is 11.5 Å². The van der Waals surface area contributed by atoms with E-state index >= 15 is 0 Å². The second kappa shape index (κ2) is 6.41. The molecule has 1 aromatic carbocycles.